The third-order valence-corrected chi connectivity index (χ3v) is 5.77. The summed E-state index contributed by atoms with van der Waals surface area (Å²) in [5.41, 5.74) is 2.05. The van der Waals surface area contributed by atoms with Crippen molar-refractivity contribution in [3.05, 3.63) is 23.8 Å². The Morgan fingerprint density at radius 1 is 1.28 bits per heavy atom. The van der Waals surface area contributed by atoms with Gasteiger partial charge in [0, 0.05) is 19.1 Å². The SMILES string of the molecule is Cc1cccc2sc(NC(=O)C3CCCN(C(=O)NC4CC4)C3)nc12. The quantitative estimate of drug-likeness (QED) is 0.885. The summed E-state index contributed by atoms with van der Waals surface area (Å²) >= 11 is 1.49. The number of carbonyl (C=O) groups excluding carboxylic acids is 2. The Balaban J connectivity index is 1.40. The Hall–Kier alpha value is -2.15. The molecule has 1 aromatic heterocycles. The molecular formula is C18H22N4O2S. The van der Waals surface area contributed by atoms with Crippen LogP contribution in [0.25, 0.3) is 10.2 Å². The average molecular weight is 358 g/mol. The predicted molar refractivity (Wildman–Crippen MR) is 98.8 cm³/mol. The van der Waals surface area contributed by atoms with Gasteiger partial charge in [-0.1, -0.05) is 23.5 Å². The zero-order valence-electron chi connectivity index (χ0n) is 14.2. The molecule has 132 valence electrons. The van der Waals surface area contributed by atoms with Gasteiger partial charge in [-0.05, 0) is 44.2 Å². The van der Waals surface area contributed by atoms with Gasteiger partial charge in [-0.3, -0.25) is 4.79 Å². The van der Waals surface area contributed by atoms with Crippen molar-refractivity contribution >= 4 is 38.6 Å². The third kappa shape index (κ3) is 3.61. The topological polar surface area (TPSA) is 74.3 Å². The highest BCUT2D eigenvalue weighted by Gasteiger charge is 2.31. The number of anilines is 1. The molecule has 2 aromatic rings. The van der Waals surface area contributed by atoms with Crippen LogP contribution in [-0.4, -0.2) is 41.0 Å². The monoisotopic (exact) mass is 358 g/mol. The number of fused-ring (bicyclic) bond motifs is 1. The Morgan fingerprint density at radius 2 is 2.12 bits per heavy atom. The fourth-order valence-electron chi connectivity index (χ4n) is 3.22. The maximum Gasteiger partial charge on any atom is 0.317 e. The molecule has 0 radical (unpaired) electrons. The van der Waals surface area contributed by atoms with Gasteiger partial charge < -0.3 is 15.5 Å². The van der Waals surface area contributed by atoms with Gasteiger partial charge in [0.2, 0.25) is 5.91 Å². The van der Waals surface area contributed by atoms with Gasteiger partial charge >= 0.3 is 6.03 Å². The molecule has 2 aliphatic rings. The lowest BCUT2D eigenvalue weighted by Gasteiger charge is -2.31. The lowest BCUT2D eigenvalue weighted by Crippen LogP contribution is -2.48. The summed E-state index contributed by atoms with van der Waals surface area (Å²) in [6.07, 6.45) is 3.80. The van der Waals surface area contributed by atoms with Gasteiger partial charge in [0.15, 0.2) is 5.13 Å². The highest BCUT2D eigenvalue weighted by molar-refractivity contribution is 7.22. The maximum absolute atomic E-state index is 12.6. The first-order valence-electron chi connectivity index (χ1n) is 8.82. The van der Waals surface area contributed by atoms with E-state index in [4.69, 9.17) is 0 Å². The molecule has 2 N–H and O–H groups in total. The molecule has 1 aliphatic heterocycles. The number of hydrogen-bond donors (Lipinski definition) is 2. The van der Waals surface area contributed by atoms with Crippen molar-refractivity contribution in [2.45, 2.75) is 38.6 Å². The number of carbonyl (C=O) groups is 2. The first-order chi connectivity index (χ1) is 12.1. The van der Waals surface area contributed by atoms with Gasteiger partial charge in [0.25, 0.3) is 0 Å². The third-order valence-electron chi connectivity index (χ3n) is 4.84. The number of likely N-dealkylation sites (tertiary alicyclic amines) is 1. The molecule has 1 aliphatic carbocycles. The second-order valence-corrected chi connectivity index (χ2v) is 7.97. The number of nitrogens with zero attached hydrogens (tertiary/aromatic N) is 2. The number of aryl methyl sites for hydroxylation is 1. The van der Waals surface area contributed by atoms with Crippen molar-refractivity contribution in [2.24, 2.45) is 5.92 Å². The molecule has 4 rings (SSSR count). The summed E-state index contributed by atoms with van der Waals surface area (Å²) in [5, 5.41) is 6.59. The Morgan fingerprint density at radius 3 is 2.88 bits per heavy atom. The van der Waals surface area contributed by atoms with Gasteiger partial charge in [-0.25, -0.2) is 9.78 Å². The van der Waals surface area contributed by atoms with Crippen LogP contribution in [0.3, 0.4) is 0 Å². The summed E-state index contributed by atoms with van der Waals surface area (Å²) < 4.78 is 1.07. The van der Waals surface area contributed by atoms with E-state index in [1.165, 1.54) is 11.3 Å². The zero-order chi connectivity index (χ0) is 17.4. The highest BCUT2D eigenvalue weighted by atomic mass is 32.1. The molecule has 25 heavy (non-hydrogen) atoms. The molecule has 1 atom stereocenters. The van der Waals surface area contributed by atoms with E-state index in [0.29, 0.717) is 17.7 Å². The summed E-state index contributed by atoms with van der Waals surface area (Å²) in [6, 6.07) is 6.34. The minimum absolute atomic E-state index is 0.0318. The van der Waals surface area contributed by atoms with Crippen LogP contribution in [0.15, 0.2) is 18.2 Å². The van der Waals surface area contributed by atoms with E-state index >= 15 is 0 Å². The van der Waals surface area contributed by atoms with Crippen LogP contribution in [0.1, 0.15) is 31.2 Å². The number of nitrogens with one attached hydrogen (secondary N) is 2. The number of hydrogen-bond acceptors (Lipinski definition) is 4. The van der Waals surface area contributed by atoms with Crippen molar-refractivity contribution in [2.75, 3.05) is 18.4 Å². The van der Waals surface area contributed by atoms with Crippen molar-refractivity contribution in [1.82, 2.24) is 15.2 Å². The van der Waals surface area contributed by atoms with Crippen molar-refractivity contribution in [3.63, 3.8) is 0 Å². The van der Waals surface area contributed by atoms with Crippen molar-refractivity contribution < 1.29 is 9.59 Å². The summed E-state index contributed by atoms with van der Waals surface area (Å²) in [6.45, 7) is 3.22. The highest BCUT2D eigenvalue weighted by Crippen LogP contribution is 2.29. The van der Waals surface area contributed by atoms with E-state index in [0.717, 1.165) is 48.0 Å². The van der Waals surface area contributed by atoms with E-state index in [-0.39, 0.29) is 17.9 Å². The summed E-state index contributed by atoms with van der Waals surface area (Å²) in [4.78, 5) is 31.1. The van der Waals surface area contributed by atoms with Gasteiger partial charge in [-0.2, -0.15) is 0 Å². The average Bonchev–Trinajstić information content (AvgIpc) is 3.32. The summed E-state index contributed by atoms with van der Waals surface area (Å²) in [7, 11) is 0. The van der Waals surface area contributed by atoms with Gasteiger partial charge in [0.1, 0.15) is 0 Å². The van der Waals surface area contributed by atoms with Crippen LogP contribution in [0.5, 0.6) is 0 Å². The van der Waals surface area contributed by atoms with E-state index in [9.17, 15) is 9.59 Å². The van der Waals surface area contributed by atoms with E-state index in [1.54, 1.807) is 4.90 Å². The molecule has 1 unspecified atom stereocenters. The number of rotatable bonds is 3. The standard InChI is InChI=1S/C18H22N4O2S/c1-11-4-2-6-14-15(11)20-17(25-14)21-16(23)12-5-3-9-22(10-12)18(24)19-13-7-8-13/h2,4,6,12-13H,3,5,7-10H2,1H3,(H,19,24)(H,20,21,23). The molecular weight excluding hydrogens is 336 g/mol. The lowest BCUT2D eigenvalue weighted by atomic mass is 9.97. The van der Waals surface area contributed by atoms with E-state index < -0.39 is 0 Å². The van der Waals surface area contributed by atoms with E-state index in [1.807, 2.05) is 25.1 Å². The molecule has 1 aromatic carbocycles. The fourth-order valence-corrected chi connectivity index (χ4v) is 4.16. The predicted octanol–water partition coefficient (Wildman–Crippen LogP) is 3.13. The minimum Gasteiger partial charge on any atom is -0.335 e. The van der Waals surface area contributed by atoms with Crippen LogP contribution in [-0.2, 0) is 4.79 Å². The second kappa shape index (κ2) is 6.63. The second-order valence-electron chi connectivity index (χ2n) is 6.94. The number of thiazole rings is 1. The lowest BCUT2D eigenvalue weighted by molar-refractivity contribution is -0.121. The Labute approximate surface area is 150 Å². The maximum atomic E-state index is 12.6. The first-order valence-corrected chi connectivity index (χ1v) is 9.64. The van der Waals surface area contributed by atoms with Gasteiger partial charge in [-0.15, -0.1) is 0 Å². The molecule has 1 saturated carbocycles. The molecule has 0 spiro atoms. The largest absolute Gasteiger partial charge is 0.335 e. The number of piperidine rings is 1. The molecule has 2 heterocycles. The molecule has 1 saturated heterocycles. The molecule has 6 nitrogen and oxygen atoms in total. The van der Waals surface area contributed by atoms with Crippen molar-refractivity contribution in [3.8, 4) is 0 Å². The number of aromatic nitrogens is 1. The molecule has 3 amide bonds. The first kappa shape index (κ1) is 16.3. The molecule has 7 heteroatoms. The minimum atomic E-state index is -0.174. The number of benzene rings is 1. The smallest absolute Gasteiger partial charge is 0.317 e. The van der Waals surface area contributed by atoms with Crippen LogP contribution in [0.2, 0.25) is 0 Å². The Kier molecular flexibility index (Phi) is 4.33. The fraction of sp³-hybridized carbons (Fsp3) is 0.500. The van der Waals surface area contributed by atoms with Crippen molar-refractivity contribution in [1.29, 1.82) is 0 Å². The summed E-state index contributed by atoms with van der Waals surface area (Å²) in [5.74, 6) is -0.215. The van der Waals surface area contributed by atoms with E-state index in [2.05, 4.69) is 15.6 Å². The van der Waals surface area contributed by atoms with Crippen LogP contribution in [0.4, 0.5) is 9.93 Å². The number of amides is 3. The molecule has 2 fully saturated rings. The zero-order valence-corrected chi connectivity index (χ0v) is 15.1. The number of urea groups is 1. The van der Waals surface area contributed by atoms with Crippen LogP contribution >= 0.6 is 11.3 Å². The normalized spacial score (nSPS) is 20.5. The molecule has 0 bridgehead atoms. The number of para-hydroxylation sites is 1. The van der Waals surface area contributed by atoms with Crippen LogP contribution in [0, 0.1) is 12.8 Å². The van der Waals surface area contributed by atoms with Crippen LogP contribution < -0.4 is 10.6 Å². The van der Waals surface area contributed by atoms with Gasteiger partial charge in [0.05, 0.1) is 16.1 Å². The Bertz CT molecular complexity index is 815.